The number of hydrogen-bond acceptors (Lipinski definition) is 4. The molecule has 0 aliphatic carbocycles. The fourth-order valence-electron chi connectivity index (χ4n) is 11.3. The molecule has 0 fully saturated rings. The Bertz CT molecular complexity index is 3690. The average molecular weight is 997 g/mol. The summed E-state index contributed by atoms with van der Waals surface area (Å²) >= 11 is 0. The van der Waals surface area contributed by atoms with Crippen LogP contribution in [0.15, 0.2) is 206 Å². The van der Waals surface area contributed by atoms with Gasteiger partial charge in [0, 0.05) is 56.7 Å². The second-order valence-corrected chi connectivity index (χ2v) is 24.7. The topological polar surface area (TPSA) is 33.5 Å². The first-order valence-electron chi connectivity index (χ1n) is 27.0. The van der Waals surface area contributed by atoms with E-state index in [-0.39, 0.29) is 27.1 Å². The Morgan fingerprint density at radius 2 is 0.855 bits per heavy atom. The third-order valence-corrected chi connectivity index (χ3v) is 16.5. The van der Waals surface area contributed by atoms with Crippen molar-refractivity contribution < 1.29 is 4.74 Å². The van der Waals surface area contributed by atoms with Crippen LogP contribution in [0.4, 0.5) is 22.7 Å². The highest BCUT2D eigenvalue weighted by Gasteiger charge is 2.34. The van der Waals surface area contributed by atoms with Gasteiger partial charge in [0.05, 0.1) is 22.4 Å². The molecule has 11 rings (SSSR count). The second kappa shape index (κ2) is 18.7. The monoisotopic (exact) mass is 997 g/mol. The van der Waals surface area contributed by atoms with Crippen LogP contribution in [0.1, 0.15) is 128 Å². The van der Waals surface area contributed by atoms with Crippen LogP contribution in [-0.4, -0.2) is 16.2 Å². The van der Waals surface area contributed by atoms with E-state index in [1.54, 1.807) is 0 Å². The molecule has 1 aliphatic heterocycles. The van der Waals surface area contributed by atoms with Gasteiger partial charge in [0.1, 0.15) is 24.0 Å². The lowest BCUT2D eigenvalue weighted by Gasteiger charge is -2.33. The first kappa shape index (κ1) is 50.3. The molecule has 0 bridgehead atoms. The van der Waals surface area contributed by atoms with Crippen molar-refractivity contribution in [2.45, 2.75) is 110 Å². The largest absolute Gasteiger partial charge is 0.457 e. The summed E-state index contributed by atoms with van der Waals surface area (Å²) in [6, 6.07) is 73.5. The SMILES string of the molecule is CC(C)(C)c1cc(Oc2ccc3c4cc(C(C)(C)c5ccccc5)ccc4n(-c4cc(C(C)(C)C)ccn4)c3c2)cc(N2CN(c3cc(C(C)(C)c4ccccc4)cc(C(C)(C)c4ccccc4)c3)c3ccccc32)c1. The van der Waals surface area contributed by atoms with Crippen LogP contribution in [-0.2, 0) is 27.1 Å². The van der Waals surface area contributed by atoms with Gasteiger partial charge in [0.25, 0.3) is 0 Å². The van der Waals surface area contributed by atoms with E-state index in [9.17, 15) is 0 Å². The van der Waals surface area contributed by atoms with E-state index >= 15 is 0 Å². The van der Waals surface area contributed by atoms with E-state index in [1.807, 2.05) is 6.20 Å². The van der Waals surface area contributed by atoms with Crippen molar-refractivity contribution >= 4 is 44.6 Å². The number of aromatic nitrogens is 2. The smallest absolute Gasteiger partial charge is 0.137 e. The molecule has 2 aromatic heterocycles. The fraction of sp³-hybridized carbons (Fsp3) is 0.254. The van der Waals surface area contributed by atoms with Crippen LogP contribution >= 0.6 is 0 Å². The van der Waals surface area contributed by atoms with Gasteiger partial charge in [-0.1, -0.05) is 198 Å². The summed E-state index contributed by atoms with van der Waals surface area (Å²) in [5, 5.41) is 2.34. The zero-order valence-electron chi connectivity index (χ0n) is 46.5. The average Bonchev–Trinajstić information content (AvgIpc) is 4.05. The molecule has 5 heteroatoms. The van der Waals surface area contributed by atoms with E-state index in [4.69, 9.17) is 9.72 Å². The van der Waals surface area contributed by atoms with Crippen molar-refractivity contribution in [2.24, 2.45) is 0 Å². The highest BCUT2D eigenvalue weighted by atomic mass is 16.5. The molecule has 3 heterocycles. The lowest BCUT2D eigenvalue weighted by Crippen LogP contribution is -2.27. The Labute approximate surface area is 451 Å². The minimum atomic E-state index is -0.252. The third kappa shape index (κ3) is 9.14. The van der Waals surface area contributed by atoms with Gasteiger partial charge >= 0.3 is 0 Å². The maximum Gasteiger partial charge on any atom is 0.137 e. The molecular weight excluding hydrogens is 925 g/mol. The highest BCUT2D eigenvalue weighted by Crippen LogP contribution is 2.49. The number of nitrogens with zero attached hydrogens (tertiary/aromatic N) is 4. The number of rotatable bonds is 11. The molecule has 0 radical (unpaired) electrons. The Kier molecular flexibility index (Phi) is 12.4. The standard InChI is InChI=1S/C71H72N4O/c1-67(2,3)51-36-37-72-66(44-51)75-62-35-32-52(69(7,8)48-24-16-13-17-25-48)43-61(62)60-34-33-58(46-65(60)75)76-59-42-53(68(4,5)6)39-57(45-59)74-47-73(63-30-22-23-31-64(63)74)56-40-54(70(9,10)49-26-18-14-19-27-49)38-55(41-56)71(11,12)50-28-20-15-21-29-50/h13-46H,47H2,1-12H3. The predicted octanol–water partition coefficient (Wildman–Crippen LogP) is 18.8. The summed E-state index contributed by atoms with van der Waals surface area (Å²) in [5.41, 5.74) is 15.9. The van der Waals surface area contributed by atoms with Crippen molar-refractivity contribution in [3.8, 4) is 17.3 Å². The summed E-state index contributed by atoms with van der Waals surface area (Å²) < 4.78 is 9.46. The lowest BCUT2D eigenvalue weighted by molar-refractivity contribution is 0.479. The van der Waals surface area contributed by atoms with Crippen molar-refractivity contribution in [2.75, 3.05) is 16.5 Å². The molecule has 0 amide bonds. The molecule has 1 aliphatic rings. The zero-order chi connectivity index (χ0) is 53.4. The summed E-state index contributed by atoms with van der Waals surface area (Å²) in [5.74, 6) is 2.44. The van der Waals surface area contributed by atoms with Crippen molar-refractivity contribution in [3.05, 3.63) is 251 Å². The van der Waals surface area contributed by atoms with Crippen LogP contribution in [0.2, 0.25) is 0 Å². The molecule has 0 spiro atoms. The van der Waals surface area contributed by atoms with E-state index < -0.39 is 0 Å². The Balaban J connectivity index is 1.01. The van der Waals surface area contributed by atoms with Crippen LogP contribution in [0.5, 0.6) is 11.5 Å². The second-order valence-electron chi connectivity index (χ2n) is 24.7. The molecule has 5 nitrogen and oxygen atoms in total. The highest BCUT2D eigenvalue weighted by molar-refractivity contribution is 6.10. The molecule has 382 valence electrons. The van der Waals surface area contributed by atoms with Crippen molar-refractivity contribution in [3.63, 3.8) is 0 Å². The summed E-state index contributed by atoms with van der Waals surface area (Å²) in [7, 11) is 0. The van der Waals surface area contributed by atoms with Crippen molar-refractivity contribution in [1.29, 1.82) is 0 Å². The van der Waals surface area contributed by atoms with E-state index in [1.165, 1.54) is 61.3 Å². The van der Waals surface area contributed by atoms with Gasteiger partial charge in [-0.25, -0.2) is 4.98 Å². The third-order valence-electron chi connectivity index (χ3n) is 16.5. The molecule has 76 heavy (non-hydrogen) atoms. The molecule has 0 N–H and O–H groups in total. The molecule has 0 atom stereocenters. The number of fused-ring (bicyclic) bond motifs is 4. The molecule has 8 aromatic carbocycles. The summed E-state index contributed by atoms with van der Waals surface area (Å²) in [6.45, 7) is 28.3. The maximum atomic E-state index is 7.14. The van der Waals surface area contributed by atoms with Crippen LogP contribution in [0, 0.1) is 0 Å². The number of para-hydroxylation sites is 2. The summed E-state index contributed by atoms with van der Waals surface area (Å²) in [4.78, 5) is 10.00. The molecule has 0 unspecified atom stereocenters. The number of benzene rings is 8. The van der Waals surface area contributed by atoms with Gasteiger partial charge in [-0.05, 0) is 128 Å². The fourth-order valence-corrected chi connectivity index (χ4v) is 11.3. The van der Waals surface area contributed by atoms with Gasteiger partial charge in [-0.3, -0.25) is 4.57 Å². The quantitative estimate of drug-likeness (QED) is 0.129. The number of anilines is 4. The maximum absolute atomic E-state index is 7.14. The van der Waals surface area contributed by atoms with Gasteiger partial charge < -0.3 is 14.5 Å². The molecular formula is C71H72N4O. The summed E-state index contributed by atoms with van der Waals surface area (Å²) in [6.07, 6.45) is 1.95. The molecule has 10 aromatic rings. The van der Waals surface area contributed by atoms with Crippen molar-refractivity contribution in [1.82, 2.24) is 9.55 Å². The minimum Gasteiger partial charge on any atom is -0.457 e. The Hall–Kier alpha value is -7.89. The lowest BCUT2D eigenvalue weighted by atomic mass is 9.73. The Morgan fingerprint density at radius 1 is 0.355 bits per heavy atom. The van der Waals surface area contributed by atoms with Gasteiger partial charge in [0.15, 0.2) is 0 Å². The van der Waals surface area contributed by atoms with Crippen LogP contribution in [0.3, 0.4) is 0 Å². The van der Waals surface area contributed by atoms with Gasteiger partial charge in [-0.15, -0.1) is 0 Å². The predicted molar refractivity (Wildman–Crippen MR) is 320 cm³/mol. The normalized spacial score (nSPS) is 13.4. The molecule has 0 saturated heterocycles. The van der Waals surface area contributed by atoms with E-state index in [2.05, 4.69) is 298 Å². The van der Waals surface area contributed by atoms with Crippen LogP contribution in [0.25, 0.3) is 27.6 Å². The first-order chi connectivity index (χ1) is 36.2. The van der Waals surface area contributed by atoms with Gasteiger partial charge in [-0.2, -0.15) is 0 Å². The minimum absolute atomic E-state index is 0.0498. The number of ether oxygens (including phenoxy) is 1. The van der Waals surface area contributed by atoms with E-state index in [0.29, 0.717) is 6.67 Å². The number of pyridine rings is 1. The van der Waals surface area contributed by atoms with E-state index in [0.717, 1.165) is 45.1 Å². The first-order valence-corrected chi connectivity index (χ1v) is 27.0. The zero-order valence-corrected chi connectivity index (χ0v) is 46.5. The van der Waals surface area contributed by atoms with Gasteiger partial charge in [0.2, 0.25) is 0 Å². The molecule has 0 saturated carbocycles. The Morgan fingerprint density at radius 3 is 1.39 bits per heavy atom. The number of hydrogen-bond donors (Lipinski definition) is 0. The van der Waals surface area contributed by atoms with Crippen LogP contribution < -0.4 is 14.5 Å².